The van der Waals surface area contributed by atoms with E-state index in [1.165, 1.54) is 22.4 Å². The highest BCUT2D eigenvalue weighted by molar-refractivity contribution is 5.37. The van der Waals surface area contributed by atoms with E-state index >= 15 is 0 Å². The van der Waals surface area contributed by atoms with Crippen LogP contribution in [-0.4, -0.2) is 16.3 Å². The molecule has 1 heterocycles. The number of benzene rings is 1. The first-order chi connectivity index (χ1) is 9.52. The molecule has 1 unspecified atom stereocenters. The Morgan fingerprint density at radius 1 is 1.20 bits per heavy atom. The maximum Gasteiger partial charge on any atom is 0.0596 e. The molecular weight excluding hydrogens is 246 g/mol. The SMILES string of the molecule is CCNC(Cc1cc(C)nn1C)c1c(C)cccc1C. The Kier molecular flexibility index (Phi) is 4.61. The molecule has 0 spiro atoms. The van der Waals surface area contributed by atoms with Crippen LogP contribution in [0.4, 0.5) is 0 Å². The lowest BCUT2D eigenvalue weighted by Crippen LogP contribution is -2.25. The van der Waals surface area contributed by atoms with Crippen LogP contribution in [0.25, 0.3) is 0 Å². The third kappa shape index (κ3) is 3.10. The second-order valence-electron chi connectivity index (χ2n) is 5.52. The van der Waals surface area contributed by atoms with Gasteiger partial charge in [0.05, 0.1) is 5.69 Å². The van der Waals surface area contributed by atoms with Crippen molar-refractivity contribution in [2.24, 2.45) is 7.05 Å². The molecule has 1 aromatic carbocycles. The molecule has 108 valence electrons. The maximum atomic E-state index is 4.45. The fourth-order valence-electron chi connectivity index (χ4n) is 2.96. The topological polar surface area (TPSA) is 29.9 Å². The van der Waals surface area contributed by atoms with Crippen molar-refractivity contribution in [2.45, 2.75) is 40.2 Å². The zero-order valence-electron chi connectivity index (χ0n) is 13.2. The summed E-state index contributed by atoms with van der Waals surface area (Å²) in [4.78, 5) is 0. The number of hydrogen-bond donors (Lipinski definition) is 1. The number of rotatable bonds is 5. The number of aromatic nitrogens is 2. The van der Waals surface area contributed by atoms with Crippen LogP contribution in [0.1, 0.15) is 41.0 Å². The van der Waals surface area contributed by atoms with Gasteiger partial charge in [0.15, 0.2) is 0 Å². The minimum absolute atomic E-state index is 0.344. The Hall–Kier alpha value is -1.61. The lowest BCUT2D eigenvalue weighted by atomic mass is 9.93. The molecule has 3 heteroatoms. The molecule has 0 saturated heterocycles. The molecule has 0 radical (unpaired) electrons. The van der Waals surface area contributed by atoms with Crippen molar-refractivity contribution in [3.8, 4) is 0 Å². The van der Waals surface area contributed by atoms with Gasteiger partial charge in [0.25, 0.3) is 0 Å². The van der Waals surface area contributed by atoms with Crippen LogP contribution in [0.3, 0.4) is 0 Å². The Morgan fingerprint density at radius 3 is 2.35 bits per heavy atom. The lowest BCUT2D eigenvalue weighted by molar-refractivity contribution is 0.524. The first kappa shape index (κ1) is 14.8. The van der Waals surface area contributed by atoms with Crippen LogP contribution in [0, 0.1) is 20.8 Å². The van der Waals surface area contributed by atoms with E-state index in [9.17, 15) is 0 Å². The standard InChI is InChI=1S/C17H25N3/c1-6-18-16(11-15-10-14(4)19-20(15)5)17-12(2)8-7-9-13(17)3/h7-10,16,18H,6,11H2,1-5H3. The molecule has 1 aromatic heterocycles. The minimum Gasteiger partial charge on any atom is -0.310 e. The summed E-state index contributed by atoms with van der Waals surface area (Å²) in [6, 6.07) is 9.04. The summed E-state index contributed by atoms with van der Waals surface area (Å²) in [5.74, 6) is 0. The summed E-state index contributed by atoms with van der Waals surface area (Å²) < 4.78 is 1.99. The monoisotopic (exact) mass is 271 g/mol. The van der Waals surface area contributed by atoms with Crippen molar-refractivity contribution in [1.82, 2.24) is 15.1 Å². The Balaban J connectivity index is 2.34. The van der Waals surface area contributed by atoms with Crippen molar-refractivity contribution in [3.63, 3.8) is 0 Å². The molecule has 20 heavy (non-hydrogen) atoms. The van der Waals surface area contributed by atoms with Crippen LogP contribution < -0.4 is 5.32 Å². The first-order valence-electron chi connectivity index (χ1n) is 7.32. The molecule has 1 atom stereocenters. The number of hydrogen-bond acceptors (Lipinski definition) is 2. The van der Waals surface area contributed by atoms with Gasteiger partial charge in [-0.05, 0) is 50.1 Å². The van der Waals surface area contributed by atoms with Crippen molar-refractivity contribution in [3.05, 3.63) is 52.3 Å². The number of likely N-dealkylation sites (N-methyl/N-ethyl adjacent to an activating group) is 1. The summed E-state index contributed by atoms with van der Waals surface area (Å²) in [5.41, 5.74) is 6.49. The van der Waals surface area contributed by atoms with Crippen molar-refractivity contribution in [2.75, 3.05) is 6.54 Å². The summed E-state index contributed by atoms with van der Waals surface area (Å²) in [5, 5.41) is 8.08. The Labute approximate surface area is 122 Å². The van der Waals surface area contributed by atoms with Crippen LogP contribution in [0.15, 0.2) is 24.3 Å². The lowest BCUT2D eigenvalue weighted by Gasteiger charge is -2.22. The minimum atomic E-state index is 0.344. The molecule has 0 aliphatic heterocycles. The van der Waals surface area contributed by atoms with Gasteiger partial charge in [-0.3, -0.25) is 4.68 Å². The molecule has 0 fully saturated rings. The molecule has 2 aromatic rings. The summed E-state index contributed by atoms with van der Waals surface area (Å²) in [6.07, 6.45) is 0.969. The highest BCUT2D eigenvalue weighted by Crippen LogP contribution is 2.25. The van der Waals surface area contributed by atoms with E-state index in [-0.39, 0.29) is 0 Å². The van der Waals surface area contributed by atoms with E-state index in [1.54, 1.807) is 0 Å². The van der Waals surface area contributed by atoms with Gasteiger partial charge < -0.3 is 5.32 Å². The molecular formula is C17H25N3. The van der Waals surface area contributed by atoms with Gasteiger partial charge in [0.2, 0.25) is 0 Å². The molecule has 0 bridgehead atoms. The zero-order valence-corrected chi connectivity index (χ0v) is 13.2. The van der Waals surface area contributed by atoms with E-state index in [0.717, 1.165) is 18.7 Å². The summed E-state index contributed by atoms with van der Waals surface area (Å²) >= 11 is 0. The summed E-state index contributed by atoms with van der Waals surface area (Å²) in [6.45, 7) is 9.57. The second kappa shape index (κ2) is 6.23. The van der Waals surface area contributed by atoms with Gasteiger partial charge in [-0.25, -0.2) is 0 Å². The fourth-order valence-corrected chi connectivity index (χ4v) is 2.96. The van der Waals surface area contributed by atoms with E-state index in [1.807, 2.05) is 18.7 Å². The predicted octanol–water partition coefficient (Wildman–Crippen LogP) is 3.24. The summed E-state index contributed by atoms with van der Waals surface area (Å²) in [7, 11) is 2.02. The smallest absolute Gasteiger partial charge is 0.0596 e. The normalized spacial score (nSPS) is 12.7. The molecule has 1 N–H and O–H groups in total. The number of nitrogens with zero attached hydrogens (tertiary/aromatic N) is 2. The van der Waals surface area contributed by atoms with Crippen LogP contribution >= 0.6 is 0 Å². The van der Waals surface area contributed by atoms with Crippen LogP contribution in [-0.2, 0) is 13.5 Å². The highest BCUT2D eigenvalue weighted by Gasteiger charge is 2.17. The van der Waals surface area contributed by atoms with E-state index < -0.39 is 0 Å². The largest absolute Gasteiger partial charge is 0.310 e. The molecule has 0 saturated carbocycles. The first-order valence-corrected chi connectivity index (χ1v) is 7.32. The Bertz CT molecular complexity index is 564. The van der Waals surface area contributed by atoms with Gasteiger partial charge in [-0.2, -0.15) is 5.10 Å². The Morgan fingerprint density at radius 2 is 1.85 bits per heavy atom. The second-order valence-corrected chi connectivity index (χ2v) is 5.52. The third-order valence-electron chi connectivity index (χ3n) is 3.85. The third-order valence-corrected chi connectivity index (χ3v) is 3.85. The molecule has 0 amide bonds. The van der Waals surface area contributed by atoms with E-state index in [2.05, 4.69) is 55.5 Å². The molecule has 0 aliphatic carbocycles. The zero-order chi connectivity index (χ0) is 14.7. The van der Waals surface area contributed by atoms with E-state index in [0.29, 0.717) is 6.04 Å². The average molecular weight is 271 g/mol. The van der Waals surface area contributed by atoms with Gasteiger partial charge in [0, 0.05) is 25.2 Å². The molecule has 0 aliphatic rings. The van der Waals surface area contributed by atoms with Crippen LogP contribution in [0.5, 0.6) is 0 Å². The van der Waals surface area contributed by atoms with Gasteiger partial charge >= 0.3 is 0 Å². The van der Waals surface area contributed by atoms with Gasteiger partial charge in [-0.1, -0.05) is 25.1 Å². The van der Waals surface area contributed by atoms with Crippen molar-refractivity contribution in [1.29, 1.82) is 0 Å². The van der Waals surface area contributed by atoms with Crippen LogP contribution in [0.2, 0.25) is 0 Å². The molecule has 3 nitrogen and oxygen atoms in total. The van der Waals surface area contributed by atoms with Gasteiger partial charge in [-0.15, -0.1) is 0 Å². The quantitative estimate of drug-likeness (QED) is 0.904. The van der Waals surface area contributed by atoms with Crippen molar-refractivity contribution < 1.29 is 0 Å². The number of aryl methyl sites for hydroxylation is 4. The van der Waals surface area contributed by atoms with E-state index in [4.69, 9.17) is 0 Å². The molecule has 2 rings (SSSR count). The fraction of sp³-hybridized carbons (Fsp3) is 0.471. The van der Waals surface area contributed by atoms with Crippen molar-refractivity contribution >= 4 is 0 Å². The average Bonchev–Trinajstić information content (AvgIpc) is 2.67. The predicted molar refractivity (Wildman–Crippen MR) is 84.0 cm³/mol. The number of nitrogens with one attached hydrogen (secondary N) is 1. The van der Waals surface area contributed by atoms with Gasteiger partial charge in [0.1, 0.15) is 0 Å². The highest BCUT2D eigenvalue weighted by atomic mass is 15.3. The maximum absolute atomic E-state index is 4.45.